The Morgan fingerprint density at radius 3 is 2.45 bits per heavy atom. The fourth-order valence-corrected chi connectivity index (χ4v) is 1.42. The highest BCUT2D eigenvalue weighted by atomic mass is 14.7. The van der Waals surface area contributed by atoms with Gasteiger partial charge in [0.1, 0.15) is 0 Å². The summed E-state index contributed by atoms with van der Waals surface area (Å²) in [5.74, 6) is 0.761. The third-order valence-corrected chi connectivity index (χ3v) is 2.32. The Bertz CT molecular complexity index is 230. The average molecular weight is 147 g/mol. The van der Waals surface area contributed by atoms with Crippen LogP contribution in [-0.4, -0.2) is 6.04 Å². The Balaban J connectivity index is 1.97. The van der Waals surface area contributed by atoms with Crippen LogP contribution in [0.3, 0.4) is 0 Å². The van der Waals surface area contributed by atoms with Crippen molar-refractivity contribution in [3.63, 3.8) is 0 Å². The Hall–Kier alpha value is -0.820. The van der Waals surface area contributed by atoms with Gasteiger partial charge in [-0.2, -0.15) is 0 Å². The molecular formula is C10H13N. The lowest BCUT2D eigenvalue weighted by atomic mass is 10.1. The molecule has 1 aromatic carbocycles. The van der Waals surface area contributed by atoms with Crippen molar-refractivity contribution in [1.29, 1.82) is 0 Å². The first kappa shape index (κ1) is 6.86. The molecule has 1 aliphatic rings. The molecule has 0 radical (unpaired) electrons. The van der Waals surface area contributed by atoms with Gasteiger partial charge in [0.25, 0.3) is 0 Å². The van der Waals surface area contributed by atoms with E-state index in [4.69, 9.17) is 5.73 Å². The van der Waals surface area contributed by atoms with Crippen LogP contribution in [0.5, 0.6) is 0 Å². The van der Waals surface area contributed by atoms with Crippen LogP contribution in [0.15, 0.2) is 30.3 Å². The van der Waals surface area contributed by atoms with Gasteiger partial charge in [0, 0.05) is 6.04 Å². The molecule has 2 atom stereocenters. The molecule has 0 unspecified atom stereocenters. The van der Waals surface area contributed by atoms with Crippen molar-refractivity contribution in [3.05, 3.63) is 35.9 Å². The maximum Gasteiger partial charge on any atom is 0.00742 e. The second-order valence-corrected chi connectivity index (χ2v) is 3.35. The summed E-state index contributed by atoms with van der Waals surface area (Å²) in [5, 5.41) is 0. The highest BCUT2D eigenvalue weighted by molar-refractivity contribution is 5.17. The molecule has 1 heteroatoms. The van der Waals surface area contributed by atoms with E-state index < -0.39 is 0 Å². The molecule has 1 aliphatic carbocycles. The van der Waals surface area contributed by atoms with Gasteiger partial charge in [-0.25, -0.2) is 0 Å². The minimum Gasteiger partial charge on any atom is -0.327 e. The third-order valence-electron chi connectivity index (χ3n) is 2.32. The van der Waals surface area contributed by atoms with Crippen LogP contribution in [0.1, 0.15) is 12.0 Å². The zero-order valence-electron chi connectivity index (χ0n) is 6.53. The molecule has 2 rings (SSSR count). The van der Waals surface area contributed by atoms with E-state index in [0.717, 1.165) is 5.92 Å². The molecule has 1 fully saturated rings. The molecule has 0 aliphatic heterocycles. The maximum absolute atomic E-state index is 5.71. The minimum absolute atomic E-state index is 0.482. The largest absolute Gasteiger partial charge is 0.327 e. The van der Waals surface area contributed by atoms with E-state index >= 15 is 0 Å². The van der Waals surface area contributed by atoms with Gasteiger partial charge in [0.05, 0.1) is 0 Å². The van der Waals surface area contributed by atoms with Crippen molar-refractivity contribution < 1.29 is 0 Å². The number of nitrogens with two attached hydrogens (primary N) is 1. The molecule has 1 aromatic rings. The van der Waals surface area contributed by atoms with E-state index in [1.54, 1.807) is 0 Å². The van der Waals surface area contributed by atoms with Crippen molar-refractivity contribution in [2.75, 3.05) is 0 Å². The molecule has 0 spiro atoms. The molecule has 0 bridgehead atoms. The van der Waals surface area contributed by atoms with Gasteiger partial charge in [0.15, 0.2) is 0 Å². The number of hydrogen-bond donors (Lipinski definition) is 1. The van der Waals surface area contributed by atoms with Crippen LogP contribution in [0.4, 0.5) is 0 Å². The van der Waals surface area contributed by atoms with Crippen LogP contribution in [0.2, 0.25) is 0 Å². The average Bonchev–Trinajstić information content (AvgIpc) is 2.69. The zero-order chi connectivity index (χ0) is 7.68. The maximum atomic E-state index is 5.71. The summed E-state index contributed by atoms with van der Waals surface area (Å²) in [6.07, 6.45) is 2.39. The van der Waals surface area contributed by atoms with Crippen LogP contribution in [-0.2, 0) is 6.42 Å². The highest BCUT2D eigenvalue weighted by Crippen LogP contribution is 2.31. The monoisotopic (exact) mass is 147 g/mol. The number of rotatable bonds is 2. The van der Waals surface area contributed by atoms with Gasteiger partial charge in [-0.1, -0.05) is 30.3 Å². The minimum atomic E-state index is 0.482. The van der Waals surface area contributed by atoms with E-state index in [-0.39, 0.29) is 0 Å². The van der Waals surface area contributed by atoms with Gasteiger partial charge in [0.2, 0.25) is 0 Å². The quantitative estimate of drug-likeness (QED) is 0.675. The topological polar surface area (TPSA) is 26.0 Å². The first-order valence-corrected chi connectivity index (χ1v) is 4.16. The Morgan fingerprint density at radius 2 is 1.91 bits per heavy atom. The van der Waals surface area contributed by atoms with Crippen molar-refractivity contribution in [2.24, 2.45) is 11.7 Å². The summed E-state index contributed by atoms with van der Waals surface area (Å²) < 4.78 is 0. The van der Waals surface area contributed by atoms with Gasteiger partial charge in [-0.3, -0.25) is 0 Å². The summed E-state index contributed by atoms with van der Waals surface area (Å²) in [4.78, 5) is 0. The van der Waals surface area contributed by atoms with Crippen LogP contribution in [0, 0.1) is 5.92 Å². The van der Waals surface area contributed by atoms with E-state index in [1.165, 1.54) is 18.4 Å². The van der Waals surface area contributed by atoms with Gasteiger partial charge < -0.3 is 5.73 Å². The molecule has 58 valence electrons. The van der Waals surface area contributed by atoms with Crippen molar-refractivity contribution >= 4 is 0 Å². The summed E-state index contributed by atoms with van der Waals surface area (Å²) in [6.45, 7) is 0. The predicted octanol–water partition coefficient (Wildman–Crippen LogP) is 1.58. The Labute approximate surface area is 67.2 Å². The van der Waals surface area contributed by atoms with E-state index in [1.807, 2.05) is 0 Å². The smallest absolute Gasteiger partial charge is 0.00742 e. The summed E-state index contributed by atoms with van der Waals surface area (Å²) in [7, 11) is 0. The Morgan fingerprint density at radius 1 is 1.27 bits per heavy atom. The third kappa shape index (κ3) is 1.60. The van der Waals surface area contributed by atoms with Gasteiger partial charge in [-0.15, -0.1) is 0 Å². The number of benzene rings is 1. The summed E-state index contributed by atoms with van der Waals surface area (Å²) >= 11 is 0. The van der Waals surface area contributed by atoms with E-state index in [9.17, 15) is 0 Å². The number of hydrogen-bond acceptors (Lipinski definition) is 1. The normalized spacial score (nSPS) is 28.5. The van der Waals surface area contributed by atoms with Crippen molar-refractivity contribution in [2.45, 2.75) is 18.9 Å². The molecule has 0 aromatic heterocycles. The Kier molecular flexibility index (Phi) is 1.66. The second-order valence-electron chi connectivity index (χ2n) is 3.35. The van der Waals surface area contributed by atoms with Crippen molar-refractivity contribution in [3.8, 4) is 0 Å². The molecule has 2 N–H and O–H groups in total. The van der Waals surface area contributed by atoms with E-state index in [2.05, 4.69) is 30.3 Å². The molecule has 1 nitrogen and oxygen atoms in total. The first-order valence-electron chi connectivity index (χ1n) is 4.16. The molecular weight excluding hydrogens is 134 g/mol. The van der Waals surface area contributed by atoms with Crippen LogP contribution >= 0.6 is 0 Å². The fraction of sp³-hybridized carbons (Fsp3) is 0.400. The molecule has 1 saturated carbocycles. The standard InChI is InChI=1S/C10H13N/c11-10-7-9(10)6-8-4-2-1-3-5-8/h1-5,9-10H,6-7,11H2/t9-,10+/m1/s1. The first-order chi connectivity index (χ1) is 5.36. The molecule has 0 saturated heterocycles. The second kappa shape index (κ2) is 2.67. The lowest BCUT2D eigenvalue weighted by Gasteiger charge is -1.96. The fourth-order valence-electron chi connectivity index (χ4n) is 1.42. The zero-order valence-corrected chi connectivity index (χ0v) is 6.53. The highest BCUT2D eigenvalue weighted by Gasteiger charge is 2.32. The predicted molar refractivity (Wildman–Crippen MR) is 46.2 cm³/mol. The van der Waals surface area contributed by atoms with Crippen LogP contribution in [0.25, 0.3) is 0 Å². The summed E-state index contributed by atoms with van der Waals surface area (Å²) in [5.41, 5.74) is 7.14. The van der Waals surface area contributed by atoms with E-state index in [0.29, 0.717) is 6.04 Å². The lowest BCUT2D eigenvalue weighted by molar-refractivity contribution is 0.786. The summed E-state index contributed by atoms with van der Waals surface area (Å²) in [6, 6.07) is 11.1. The van der Waals surface area contributed by atoms with Gasteiger partial charge >= 0.3 is 0 Å². The molecule has 11 heavy (non-hydrogen) atoms. The van der Waals surface area contributed by atoms with Gasteiger partial charge in [-0.05, 0) is 24.3 Å². The lowest BCUT2D eigenvalue weighted by Crippen LogP contribution is -2.03. The molecule has 0 amide bonds. The SMILES string of the molecule is N[C@H]1C[C@H]1Cc1ccccc1. The molecule has 0 heterocycles. The van der Waals surface area contributed by atoms with Crippen LogP contribution < -0.4 is 5.73 Å². The van der Waals surface area contributed by atoms with Crippen molar-refractivity contribution in [1.82, 2.24) is 0 Å².